The van der Waals surface area contributed by atoms with Crippen molar-refractivity contribution in [3.8, 4) is 11.5 Å². The highest BCUT2D eigenvalue weighted by Crippen LogP contribution is 2.30. The van der Waals surface area contributed by atoms with Gasteiger partial charge in [0.15, 0.2) is 0 Å². The number of phenolic OH excluding ortho intramolecular Hbond substituents is 1. The van der Waals surface area contributed by atoms with E-state index >= 15 is 0 Å². The molecule has 0 aliphatic heterocycles. The number of ether oxygens (including phenoxy) is 1. The lowest BCUT2D eigenvalue weighted by atomic mass is 10.1. The van der Waals surface area contributed by atoms with Crippen LogP contribution in [0.15, 0.2) is 18.2 Å². The van der Waals surface area contributed by atoms with Gasteiger partial charge in [0.25, 0.3) is 0 Å². The molecule has 4 heteroatoms. The lowest BCUT2D eigenvalue weighted by Crippen LogP contribution is -2.08. The average molecular weight is 185 g/mol. The van der Waals surface area contributed by atoms with Crippen molar-refractivity contribution in [1.29, 1.82) is 0 Å². The summed E-state index contributed by atoms with van der Waals surface area (Å²) in [6.45, 7) is -0.0961. The molecule has 1 unspecified atom stereocenters. The predicted octanol–water partition coefficient (Wildman–Crippen LogP) is 1.37. The minimum absolute atomic E-state index is 0.0461. The topological polar surface area (TPSA) is 55.5 Å². The highest BCUT2D eigenvalue weighted by molar-refractivity contribution is 5.41. The molecule has 0 saturated carbocycles. The molecule has 1 aromatic carbocycles. The van der Waals surface area contributed by atoms with E-state index in [0.29, 0.717) is 11.3 Å². The lowest BCUT2D eigenvalue weighted by molar-refractivity contribution is 0.330. The normalized spacial score (nSPS) is 12.5. The zero-order valence-corrected chi connectivity index (χ0v) is 7.33. The maximum atomic E-state index is 13.2. The monoisotopic (exact) mass is 185 g/mol. The third-order valence-electron chi connectivity index (χ3n) is 1.76. The van der Waals surface area contributed by atoms with E-state index in [9.17, 15) is 4.39 Å². The van der Waals surface area contributed by atoms with Crippen LogP contribution in [0.25, 0.3) is 0 Å². The fourth-order valence-electron chi connectivity index (χ4n) is 1.09. The Balaban J connectivity index is 3.05. The number of alkyl halides is 1. The van der Waals surface area contributed by atoms with Crippen LogP contribution in [0.5, 0.6) is 11.5 Å². The molecule has 0 aliphatic carbocycles. The number of methoxy groups -OCH3 is 1. The summed E-state index contributed by atoms with van der Waals surface area (Å²) in [5.74, 6) is 0.364. The molecule has 1 rings (SSSR count). The fraction of sp³-hybridized carbons (Fsp3) is 0.333. The zero-order chi connectivity index (χ0) is 9.84. The molecule has 3 N–H and O–H groups in total. The molecule has 0 aliphatic rings. The Morgan fingerprint density at radius 1 is 1.62 bits per heavy atom. The Bertz CT molecular complexity index is 291. The minimum Gasteiger partial charge on any atom is -0.508 e. The first-order valence-corrected chi connectivity index (χ1v) is 3.90. The highest BCUT2D eigenvalue weighted by Gasteiger charge is 2.13. The molecule has 1 atom stereocenters. The second-order valence-corrected chi connectivity index (χ2v) is 2.63. The van der Waals surface area contributed by atoms with Crippen LogP contribution in [0.4, 0.5) is 4.39 Å². The van der Waals surface area contributed by atoms with Gasteiger partial charge < -0.3 is 15.6 Å². The molecule has 0 radical (unpaired) electrons. The van der Waals surface area contributed by atoms with Crippen molar-refractivity contribution in [2.24, 2.45) is 5.73 Å². The molecular weight excluding hydrogens is 173 g/mol. The highest BCUT2D eigenvalue weighted by atomic mass is 19.1. The van der Waals surface area contributed by atoms with Crippen molar-refractivity contribution in [2.45, 2.75) is 6.17 Å². The SMILES string of the molecule is COc1cc(O)ccc1C(F)CN. The largest absolute Gasteiger partial charge is 0.508 e. The average Bonchev–Trinajstić information content (AvgIpc) is 2.16. The summed E-state index contributed by atoms with van der Waals surface area (Å²) in [6, 6.07) is 4.23. The summed E-state index contributed by atoms with van der Waals surface area (Å²) >= 11 is 0. The van der Waals surface area contributed by atoms with Crippen LogP contribution in [-0.2, 0) is 0 Å². The molecule has 0 heterocycles. The van der Waals surface area contributed by atoms with Gasteiger partial charge in [-0.2, -0.15) is 0 Å². The van der Waals surface area contributed by atoms with Gasteiger partial charge in [-0.15, -0.1) is 0 Å². The summed E-state index contributed by atoms with van der Waals surface area (Å²) in [7, 11) is 1.42. The van der Waals surface area contributed by atoms with Crippen LogP contribution >= 0.6 is 0 Å². The molecule has 0 amide bonds. The fourth-order valence-corrected chi connectivity index (χ4v) is 1.09. The summed E-state index contributed by atoms with van der Waals surface area (Å²) in [6.07, 6.45) is -1.25. The summed E-state index contributed by atoms with van der Waals surface area (Å²) < 4.78 is 18.1. The Labute approximate surface area is 75.9 Å². The quantitative estimate of drug-likeness (QED) is 0.747. The smallest absolute Gasteiger partial charge is 0.141 e. The second kappa shape index (κ2) is 4.09. The summed E-state index contributed by atoms with van der Waals surface area (Å²) in [5, 5.41) is 9.09. The predicted molar refractivity (Wildman–Crippen MR) is 47.6 cm³/mol. The van der Waals surface area contributed by atoms with Gasteiger partial charge in [-0.1, -0.05) is 0 Å². The summed E-state index contributed by atoms with van der Waals surface area (Å²) in [4.78, 5) is 0. The molecule has 0 fully saturated rings. The van der Waals surface area contributed by atoms with Gasteiger partial charge in [0.05, 0.1) is 7.11 Å². The first-order chi connectivity index (χ1) is 6.19. The van der Waals surface area contributed by atoms with Gasteiger partial charge in [0.2, 0.25) is 0 Å². The maximum Gasteiger partial charge on any atom is 0.141 e. The third kappa shape index (κ3) is 2.09. The molecule has 72 valence electrons. The van der Waals surface area contributed by atoms with Gasteiger partial charge in [0, 0.05) is 18.2 Å². The third-order valence-corrected chi connectivity index (χ3v) is 1.76. The van der Waals surface area contributed by atoms with Crippen molar-refractivity contribution in [3.05, 3.63) is 23.8 Å². The molecule has 0 spiro atoms. The van der Waals surface area contributed by atoms with Gasteiger partial charge >= 0.3 is 0 Å². The van der Waals surface area contributed by atoms with Crippen molar-refractivity contribution in [1.82, 2.24) is 0 Å². The van der Waals surface area contributed by atoms with Gasteiger partial charge in [0.1, 0.15) is 17.7 Å². The summed E-state index contributed by atoms with van der Waals surface area (Å²) in [5.41, 5.74) is 5.54. The number of benzene rings is 1. The number of aromatic hydroxyl groups is 1. The zero-order valence-electron chi connectivity index (χ0n) is 7.33. The molecule has 0 saturated heterocycles. The van der Waals surface area contributed by atoms with Gasteiger partial charge in [-0.25, -0.2) is 4.39 Å². The van der Waals surface area contributed by atoms with E-state index in [0.717, 1.165) is 0 Å². The van der Waals surface area contributed by atoms with E-state index in [-0.39, 0.29) is 12.3 Å². The Morgan fingerprint density at radius 2 is 2.31 bits per heavy atom. The van der Waals surface area contributed by atoms with Crippen LogP contribution < -0.4 is 10.5 Å². The van der Waals surface area contributed by atoms with Crippen LogP contribution in [-0.4, -0.2) is 18.8 Å². The Hall–Kier alpha value is -1.29. The van der Waals surface area contributed by atoms with Crippen LogP contribution in [0.2, 0.25) is 0 Å². The van der Waals surface area contributed by atoms with E-state index in [1.165, 1.54) is 25.3 Å². The van der Waals surface area contributed by atoms with Gasteiger partial charge in [-0.3, -0.25) is 0 Å². The van der Waals surface area contributed by atoms with E-state index < -0.39 is 6.17 Å². The van der Waals surface area contributed by atoms with Crippen molar-refractivity contribution in [3.63, 3.8) is 0 Å². The molecule has 13 heavy (non-hydrogen) atoms. The van der Waals surface area contributed by atoms with E-state index in [4.69, 9.17) is 15.6 Å². The molecule has 0 bridgehead atoms. The maximum absolute atomic E-state index is 13.2. The number of nitrogens with two attached hydrogens (primary N) is 1. The van der Waals surface area contributed by atoms with Crippen LogP contribution in [0.3, 0.4) is 0 Å². The number of hydrogen-bond donors (Lipinski definition) is 2. The van der Waals surface area contributed by atoms with Crippen molar-refractivity contribution < 1.29 is 14.2 Å². The number of phenols is 1. The van der Waals surface area contributed by atoms with Gasteiger partial charge in [-0.05, 0) is 12.1 Å². The molecule has 3 nitrogen and oxygen atoms in total. The molecule has 0 aromatic heterocycles. The Kier molecular flexibility index (Phi) is 3.08. The van der Waals surface area contributed by atoms with E-state index in [2.05, 4.69) is 0 Å². The standard InChI is InChI=1S/C9H12FNO2/c1-13-9-4-6(12)2-3-7(9)8(10)5-11/h2-4,8,12H,5,11H2,1H3. The van der Waals surface area contributed by atoms with Crippen LogP contribution in [0, 0.1) is 0 Å². The number of rotatable bonds is 3. The lowest BCUT2D eigenvalue weighted by Gasteiger charge is -2.10. The van der Waals surface area contributed by atoms with Crippen molar-refractivity contribution in [2.75, 3.05) is 13.7 Å². The number of halogens is 1. The Morgan fingerprint density at radius 3 is 2.85 bits per heavy atom. The van der Waals surface area contributed by atoms with Crippen molar-refractivity contribution >= 4 is 0 Å². The van der Waals surface area contributed by atoms with Crippen LogP contribution in [0.1, 0.15) is 11.7 Å². The molecule has 1 aromatic rings. The minimum atomic E-state index is -1.25. The number of hydrogen-bond acceptors (Lipinski definition) is 3. The van der Waals surface area contributed by atoms with E-state index in [1.807, 2.05) is 0 Å². The first kappa shape index (κ1) is 9.80. The first-order valence-electron chi connectivity index (χ1n) is 3.90. The second-order valence-electron chi connectivity index (χ2n) is 2.63. The molecular formula is C9H12FNO2. The van der Waals surface area contributed by atoms with E-state index in [1.54, 1.807) is 0 Å².